The van der Waals surface area contributed by atoms with Gasteiger partial charge in [-0.2, -0.15) is 0 Å². The van der Waals surface area contributed by atoms with E-state index in [1.165, 1.54) is 10.5 Å². The molecule has 2 heterocycles. The monoisotopic (exact) mass is 376 g/mol. The number of fused-ring (bicyclic) bond motifs is 1. The number of rotatable bonds is 7. The first-order chi connectivity index (χ1) is 13.7. The number of hydrogen-bond acceptors (Lipinski definition) is 4. The molecule has 0 aliphatic carbocycles. The van der Waals surface area contributed by atoms with Gasteiger partial charge in [-0.05, 0) is 24.3 Å². The summed E-state index contributed by atoms with van der Waals surface area (Å²) in [4.78, 5) is 13.4. The lowest BCUT2D eigenvalue weighted by Gasteiger charge is -2.19. The smallest absolute Gasteiger partial charge is 0.336 e. The van der Waals surface area contributed by atoms with Crippen LogP contribution >= 0.6 is 0 Å². The third-order valence-electron chi connectivity index (χ3n) is 4.78. The molecule has 0 amide bonds. The summed E-state index contributed by atoms with van der Waals surface area (Å²) in [5.74, 6) is 1.58. The Bertz CT molecular complexity index is 1100. The molecular weight excluding hydrogens is 354 g/mol. The molecule has 28 heavy (non-hydrogen) atoms. The molecule has 1 N–H and O–H groups in total. The number of nitrogens with one attached hydrogen (secondary N) is 1. The average molecular weight is 376 g/mol. The van der Waals surface area contributed by atoms with Crippen molar-refractivity contribution in [1.29, 1.82) is 0 Å². The normalized spacial score (nSPS) is 12.2. The van der Waals surface area contributed by atoms with E-state index in [1.807, 2.05) is 42.5 Å². The van der Waals surface area contributed by atoms with E-state index in [4.69, 9.17) is 13.6 Å². The average Bonchev–Trinajstić information content (AvgIpc) is 3.21. The lowest BCUT2D eigenvalue weighted by atomic mass is 10.1. The van der Waals surface area contributed by atoms with E-state index in [1.54, 1.807) is 25.5 Å². The van der Waals surface area contributed by atoms with Crippen LogP contribution in [0.5, 0.6) is 5.75 Å². The first-order valence-corrected chi connectivity index (χ1v) is 9.22. The van der Waals surface area contributed by atoms with E-state index in [2.05, 4.69) is 12.1 Å². The molecule has 2 aromatic heterocycles. The largest absolute Gasteiger partial charge is 0.497 e. The topological polar surface area (TPSA) is 57.0 Å². The summed E-state index contributed by atoms with van der Waals surface area (Å²) in [6.45, 7) is 2.21. The van der Waals surface area contributed by atoms with Crippen molar-refractivity contribution in [3.05, 3.63) is 100 Å². The summed E-state index contributed by atoms with van der Waals surface area (Å²) in [6.07, 6.45) is 1.69. The minimum absolute atomic E-state index is 0.354. The lowest BCUT2D eigenvalue weighted by molar-refractivity contribution is -0.942. The van der Waals surface area contributed by atoms with Crippen LogP contribution in [0.3, 0.4) is 0 Å². The summed E-state index contributed by atoms with van der Waals surface area (Å²) < 4.78 is 16.2. The highest BCUT2D eigenvalue weighted by atomic mass is 16.5. The van der Waals surface area contributed by atoms with Gasteiger partial charge >= 0.3 is 5.63 Å². The fourth-order valence-electron chi connectivity index (χ4n) is 3.48. The first kappa shape index (κ1) is 18.1. The predicted octanol–water partition coefficient (Wildman–Crippen LogP) is 3.18. The Morgan fingerprint density at radius 2 is 1.79 bits per heavy atom. The molecule has 0 saturated carbocycles. The number of hydrogen-bond donors (Lipinski definition) is 1. The molecular formula is C23H22NO4+. The van der Waals surface area contributed by atoms with Crippen molar-refractivity contribution in [1.82, 2.24) is 0 Å². The summed E-state index contributed by atoms with van der Waals surface area (Å²) in [5.41, 5.74) is 2.37. The van der Waals surface area contributed by atoms with Crippen LogP contribution in [0.25, 0.3) is 11.0 Å². The molecule has 0 bridgehead atoms. The van der Waals surface area contributed by atoms with Crippen LogP contribution in [-0.4, -0.2) is 7.11 Å². The van der Waals surface area contributed by atoms with Gasteiger partial charge in [0.05, 0.1) is 13.4 Å². The summed E-state index contributed by atoms with van der Waals surface area (Å²) in [6, 6.07) is 21.4. The van der Waals surface area contributed by atoms with Crippen LogP contribution < -0.4 is 15.3 Å². The maximum Gasteiger partial charge on any atom is 0.336 e. The Morgan fingerprint density at radius 3 is 2.54 bits per heavy atom. The molecule has 0 aliphatic heterocycles. The second-order valence-electron chi connectivity index (χ2n) is 6.80. The Labute approximate surface area is 162 Å². The Kier molecular flexibility index (Phi) is 5.26. The maximum atomic E-state index is 12.1. The summed E-state index contributed by atoms with van der Waals surface area (Å²) >= 11 is 0. The first-order valence-electron chi connectivity index (χ1n) is 9.22. The zero-order chi connectivity index (χ0) is 19.3. The van der Waals surface area contributed by atoms with Crippen LogP contribution in [0.4, 0.5) is 0 Å². The summed E-state index contributed by atoms with van der Waals surface area (Å²) in [7, 11) is 1.60. The van der Waals surface area contributed by atoms with E-state index in [0.717, 1.165) is 29.8 Å². The van der Waals surface area contributed by atoms with E-state index in [0.29, 0.717) is 17.9 Å². The Balaban J connectivity index is 1.68. The molecule has 5 heteroatoms. The van der Waals surface area contributed by atoms with Crippen LogP contribution in [0.2, 0.25) is 0 Å². The molecule has 5 nitrogen and oxygen atoms in total. The highest BCUT2D eigenvalue weighted by molar-refractivity contribution is 5.81. The van der Waals surface area contributed by atoms with Crippen molar-refractivity contribution >= 4 is 11.0 Å². The van der Waals surface area contributed by atoms with Crippen LogP contribution in [0.1, 0.15) is 16.9 Å². The molecule has 0 fully saturated rings. The fraction of sp³-hybridized carbons (Fsp3) is 0.174. The van der Waals surface area contributed by atoms with E-state index in [-0.39, 0.29) is 5.63 Å². The van der Waals surface area contributed by atoms with Crippen molar-refractivity contribution in [2.75, 3.05) is 7.11 Å². The van der Waals surface area contributed by atoms with Gasteiger partial charge in [-0.25, -0.2) is 4.79 Å². The van der Waals surface area contributed by atoms with Crippen molar-refractivity contribution in [2.45, 2.75) is 19.6 Å². The van der Waals surface area contributed by atoms with E-state index < -0.39 is 0 Å². The van der Waals surface area contributed by atoms with E-state index >= 15 is 0 Å². The van der Waals surface area contributed by atoms with Gasteiger partial charge in [0.2, 0.25) is 0 Å². The third kappa shape index (κ3) is 4.15. The Morgan fingerprint density at radius 1 is 0.929 bits per heavy atom. The van der Waals surface area contributed by atoms with Gasteiger partial charge in [0.1, 0.15) is 31.0 Å². The molecule has 0 saturated heterocycles. The second kappa shape index (κ2) is 8.15. The summed E-state index contributed by atoms with van der Waals surface area (Å²) in [5, 5.41) is 0.922. The number of benzene rings is 2. The quantitative estimate of drug-likeness (QED) is 0.504. The molecule has 4 rings (SSSR count). The zero-order valence-electron chi connectivity index (χ0n) is 15.7. The van der Waals surface area contributed by atoms with Crippen molar-refractivity contribution < 1.29 is 18.5 Å². The van der Waals surface area contributed by atoms with Crippen LogP contribution in [0, 0.1) is 0 Å². The molecule has 0 spiro atoms. The van der Waals surface area contributed by atoms with Crippen LogP contribution in [0.15, 0.2) is 86.6 Å². The number of furan rings is 1. The highest BCUT2D eigenvalue weighted by Crippen LogP contribution is 2.22. The van der Waals surface area contributed by atoms with Gasteiger partial charge < -0.3 is 18.5 Å². The maximum absolute atomic E-state index is 12.1. The molecule has 0 radical (unpaired) electrons. The molecule has 4 aromatic rings. The standard InChI is InChI=1S/C23H21NO4/c1-26-19-9-10-21-18(12-23(25)28-22(21)13-19)15-24(16-20-8-5-11-27-20)14-17-6-3-2-4-7-17/h2-13H,14-16H2,1H3/p+1. The lowest BCUT2D eigenvalue weighted by Crippen LogP contribution is -3.08. The fourth-order valence-corrected chi connectivity index (χ4v) is 3.48. The molecule has 2 aromatic carbocycles. The van der Waals surface area contributed by atoms with Crippen LogP contribution in [-0.2, 0) is 19.6 Å². The van der Waals surface area contributed by atoms with Gasteiger partial charge in [0, 0.05) is 28.6 Å². The van der Waals surface area contributed by atoms with Gasteiger partial charge in [-0.15, -0.1) is 0 Å². The van der Waals surface area contributed by atoms with Gasteiger partial charge in [-0.1, -0.05) is 30.3 Å². The molecule has 1 unspecified atom stereocenters. The van der Waals surface area contributed by atoms with Crippen molar-refractivity contribution in [3.8, 4) is 5.75 Å². The zero-order valence-corrected chi connectivity index (χ0v) is 15.7. The van der Waals surface area contributed by atoms with Crippen molar-refractivity contribution in [2.24, 2.45) is 0 Å². The number of ether oxygens (including phenoxy) is 1. The molecule has 0 aliphatic rings. The molecule has 1 atom stereocenters. The van der Waals surface area contributed by atoms with E-state index in [9.17, 15) is 4.79 Å². The second-order valence-corrected chi connectivity index (χ2v) is 6.80. The Hall–Kier alpha value is -3.31. The van der Waals surface area contributed by atoms with Gasteiger partial charge in [-0.3, -0.25) is 0 Å². The van der Waals surface area contributed by atoms with Gasteiger partial charge in [0.25, 0.3) is 0 Å². The third-order valence-corrected chi connectivity index (χ3v) is 4.78. The minimum Gasteiger partial charge on any atom is -0.497 e. The van der Waals surface area contributed by atoms with Crippen molar-refractivity contribution in [3.63, 3.8) is 0 Å². The SMILES string of the molecule is COc1ccc2c(C[NH+](Cc3ccccc3)Cc3ccco3)cc(=O)oc2c1. The predicted molar refractivity (Wildman–Crippen MR) is 106 cm³/mol. The molecule has 142 valence electrons. The minimum atomic E-state index is -0.354. The number of methoxy groups -OCH3 is 1. The number of quaternary nitrogens is 1. The highest BCUT2D eigenvalue weighted by Gasteiger charge is 2.17. The van der Waals surface area contributed by atoms with Gasteiger partial charge in [0.15, 0.2) is 5.76 Å².